The lowest BCUT2D eigenvalue weighted by molar-refractivity contribution is 0.0663. The molecule has 7 heteroatoms. The number of hydrogen-bond donors (Lipinski definition) is 3. The van der Waals surface area contributed by atoms with E-state index in [-0.39, 0.29) is 22.2 Å². The van der Waals surface area contributed by atoms with Crippen molar-refractivity contribution in [3.05, 3.63) is 77.0 Å². The van der Waals surface area contributed by atoms with Crippen LogP contribution in [-0.4, -0.2) is 22.1 Å². The summed E-state index contributed by atoms with van der Waals surface area (Å²) in [7, 11) is 0. The molecular weight excluding hydrogens is 412 g/mol. The first kappa shape index (κ1) is 22.2. The number of furan rings is 1. The molecule has 3 N–H and O–H groups in total. The summed E-state index contributed by atoms with van der Waals surface area (Å²) in [6.45, 7) is 8.23. The van der Waals surface area contributed by atoms with E-state index in [1.165, 1.54) is 6.07 Å². The summed E-state index contributed by atoms with van der Waals surface area (Å²) >= 11 is 5.28. The normalized spacial score (nSPS) is 11.1. The Morgan fingerprint density at radius 2 is 1.68 bits per heavy atom. The van der Waals surface area contributed by atoms with Crippen molar-refractivity contribution in [1.82, 2.24) is 5.32 Å². The van der Waals surface area contributed by atoms with Gasteiger partial charge in [-0.2, -0.15) is 0 Å². The highest BCUT2D eigenvalue weighted by Gasteiger charge is 2.16. The topological polar surface area (TPSA) is 91.6 Å². The molecule has 6 nitrogen and oxygen atoms in total. The quantitative estimate of drug-likeness (QED) is 0.476. The van der Waals surface area contributed by atoms with Crippen molar-refractivity contribution in [2.45, 2.75) is 33.1 Å². The fraction of sp³-hybridized carbons (Fsp3) is 0.208. The van der Waals surface area contributed by atoms with Gasteiger partial charge in [-0.05, 0) is 72.1 Å². The number of aryl methyl sites for hydroxylation is 1. The maximum atomic E-state index is 12.5. The van der Waals surface area contributed by atoms with Crippen LogP contribution in [0.2, 0.25) is 0 Å². The molecule has 0 bridgehead atoms. The Bertz CT molecular complexity index is 1140. The fourth-order valence-corrected chi connectivity index (χ4v) is 3.23. The first-order valence-corrected chi connectivity index (χ1v) is 10.1. The first-order valence-electron chi connectivity index (χ1n) is 9.71. The Morgan fingerprint density at radius 1 is 1.00 bits per heavy atom. The minimum atomic E-state index is -1.13. The van der Waals surface area contributed by atoms with Crippen molar-refractivity contribution in [2.75, 3.05) is 5.32 Å². The van der Waals surface area contributed by atoms with Crippen molar-refractivity contribution in [2.24, 2.45) is 0 Å². The van der Waals surface area contributed by atoms with Crippen LogP contribution >= 0.6 is 12.2 Å². The van der Waals surface area contributed by atoms with Crippen LogP contribution in [0, 0.1) is 6.92 Å². The molecule has 0 unspecified atom stereocenters. The average molecular weight is 437 g/mol. The summed E-state index contributed by atoms with van der Waals surface area (Å²) in [5, 5.41) is 14.9. The number of nitrogens with one attached hydrogen (secondary N) is 2. The smallest absolute Gasteiger partial charge is 0.371 e. The molecule has 0 saturated heterocycles. The summed E-state index contributed by atoms with van der Waals surface area (Å²) in [5.74, 6) is -1.12. The number of carboxylic acids is 1. The largest absolute Gasteiger partial charge is 0.475 e. The minimum Gasteiger partial charge on any atom is -0.475 e. The number of carboxylic acid groups (broad SMARTS) is 1. The second-order valence-electron chi connectivity index (χ2n) is 8.23. The van der Waals surface area contributed by atoms with Crippen LogP contribution in [0.25, 0.3) is 11.3 Å². The first-order chi connectivity index (χ1) is 14.5. The average Bonchev–Trinajstić information content (AvgIpc) is 3.19. The molecule has 0 spiro atoms. The van der Waals surface area contributed by atoms with E-state index in [4.69, 9.17) is 21.7 Å². The van der Waals surface area contributed by atoms with E-state index in [0.717, 1.165) is 16.7 Å². The molecular formula is C24H24N2O4S. The number of carbonyl (C=O) groups excluding carboxylic acids is 1. The molecule has 3 aromatic rings. The van der Waals surface area contributed by atoms with E-state index in [2.05, 4.69) is 31.4 Å². The van der Waals surface area contributed by atoms with Gasteiger partial charge in [0.2, 0.25) is 5.76 Å². The van der Waals surface area contributed by atoms with Gasteiger partial charge < -0.3 is 14.8 Å². The van der Waals surface area contributed by atoms with Crippen molar-refractivity contribution in [3.63, 3.8) is 0 Å². The highest BCUT2D eigenvalue weighted by atomic mass is 32.1. The number of benzene rings is 2. The van der Waals surface area contributed by atoms with Gasteiger partial charge in [-0.25, -0.2) is 4.79 Å². The molecule has 0 aliphatic rings. The van der Waals surface area contributed by atoms with E-state index in [1.807, 2.05) is 31.2 Å². The van der Waals surface area contributed by atoms with E-state index in [0.29, 0.717) is 17.0 Å². The molecule has 1 amide bonds. The van der Waals surface area contributed by atoms with E-state index in [9.17, 15) is 9.59 Å². The van der Waals surface area contributed by atoms with Gasteiger partial charge in [0.15, 0.2) is 5.11 Å². The van der Waals surface area contributed by atoms with Crippen LogP contribution in [0.3, 0.4) is 0 Å². The van der Waals surface area contributed by atoms with Gasteiger partial charge in [0.25, 0.3) is 5.91 Å². The molecule has 1 aromatic heterocycles. The molecule has 2 aromatic carbocycles. The number of anilines is 1. The monoisotopic (exact) mass is 436 g/mol. The third kappa shape index (κ3) is 5.38. The summed E-state index contributed by atoms with van der Waals surface area (Å²) in [6.07, 6.45) is 0. The molecule has 0 atom stereocenters. The third-order valence-corrected chi connectivity index (χ3v) is 5.02. The molecule has 1 heterocycles. The van der Waals surface area contributed by atoms with Gasteiger partial charge in [0, 0.05) is 16.8 Å². The van der Waals surface area contributed by atoms with Crippen LogP contribution < -0.4 is 10.6 Å². The Labute approximate surface area is 186 Å². The maximum Gasteiger partial charge on any atom is 0.371 e. The predicted molar refractivity (Wildman–Crippen MR) is 125 cm³/mol. The van der Waals surface area contributed by atoms with E-state index >= 15 is 0 Å². The maximum absolute atomic E-state index is 12.5. The summed E-state index contributed by atoms with van der Waals surface area (Å²) < 4.78 is 5.40. The molecule has 0 aliphatic heterocycles. The number of thiocarbonyl (C=S) groups is 1. The fourth-order valence-electron chi connectivity index (χ4n) is 3.02. The Kier molecular flexibility index (Phi) is 6.27. The van der Waals surface area contributed by atoms with Crippen molar-refractivity contribution >= 4 is 34.9 Å². The summed E-state index contributed by atoms with van der Waals surface area (Å²) in [6, 6.07) is 15.9. The van der Waals surface area contributed by atoms with Gasteiger partial charge in [-0.3, -0.25) is 10.1 Å². The number of hydrogen-bond acceptors (Lipinski definition) is 4. The molecule has 0 aliphatic carbocycles. The predicted octanol–water partition coefficient (Wildman–Crippen LogP) is 5.38. The lowest BCUT2D eigenvalue weighted by Crippen LogP contribution is -2.34. The zero-order valence-electron chi connectivity index (χ0n) is 17.8. The number of carbonyl (C=O) groups is 2. The van der Waals surface area contributed by atoms with Gasteiger partial charge in [0.05, 0.1) is 0 Å². The number of aromatic carboxylic acids is 1. The summed E-state index contributed by atoms with van der Waals surface area (Å²) in [5.41, 5.74) is 3.94. The van der Waals surface area contributed by atoms with Gasteiger partial charge in [-0.1, -0.05) is 39.0 Å². The number of rotatable bonds is 4. The highest BCUT2D eigenvalue weighted by molar-refractivity contribution is 7.80. The standard InChI is InChI=1S/C24H24N2O4S/c1-14-5-10-17(13-18(14)19-11-12-20(30-19)22(28)29)25-23(31)26-21(27)15-6-8-16(9-7-15)24(2,3)4/h5-13H,1-4H3,(H,28,29)(H2,25,26,27,31). The zero-order valence-corrected chi connectivity index (χ0v) is 18.6. The minimum absolute atomic E-state index is 0.00817. The van der Waals surface area contributed by atoms with Crippen molar-refractivity contribution in [1.29, 1.82) is 0 Å². The van der Waals surface area contributed by atoms with Crippen LogP contribution in [0.4, 0.5) is 5.69 Å². The SMILES string of the molecule is Cc1ccc(NC(=S)NC(=O)c2ccc(C(C)(C)C)cc2)cc1-c1ccc(C(=O)O)o1. The van der Waals surface area contributed by atoms with Crippen LogP contribution in [0.15, 0.2) is 59.0 Å². The second kappa shape index (κ2) is 8.73. The lowest BCUT2D eigenvalue weighted by Gasteiger charge is -2.19. The molecule has 0 saturated carbocycles. The second-order valence-corrected chi connectivity index (χ2v) is 8.64. The Morgan fingerprint density at radius 3 is 2.26 bits per heavy atom. The van der Waals surface area contributed by atoms with Crippen LogP contribution in [0.5, 0.6) is 0 Å². The summed E-state index contributed by atoms with van der Waals surface area (Å²) in [4.78, 5) is 23.6. The highest BCUT2D eigenvalue weighted by Crippen LogP contribution is 2.28. The number of amides is 1. The Balaban J connectivity index is 1.70. The van der Waals surface area contributed by atoms with Gasteiger partial charge in [-0.15, -0.1) is 0 Å². The molecule has 160 valence electrons. The zero-order chi connectivity index (χ0) is 22.8. The molecule has 31 heavy (non-hydrogen) atoms. The van der Waals surface area contributed by atoms with Crippen LogP contribution in [0.1, 0.15) is 52.8 Å². The van der Waals surface area contributed by atoms with Gasteiger partial charge in [0.1, 0.15) is 5.76 Å². The van der Waals surface area contributed by atoms with E-state index in [1.54, 1.807) is 24.3 Å². The Hall–Kier alpha value is -3.45. The van der Waals surface area contributed by atoms with Crippen molar-refractivity contribution < 1.29 is 19.1 Å². The molecule has 0 fully saturated rings. The van der Waals surface area contributed by atoms with Crippen molar-refractivity contribution in [3.8, 4) is 11.3 Å². The molecule has 3 rings (SSSR count). The lowest BCUT2D eigenvalue weighted by atomic mass is 9.87. The van der Waals surface area contributed by atoms with Crippen LogP contribution in [-0.2, 0) is 5.41 Å². The third-order valence-electron chi connectivity index (χ3n) is 4.82. The molecule has 0 radical (unpaired) electrons. The van der Waals surface area contributed by atoms with Gasteiger partial charge >= 0.3 is 5.97 Å². The van der Waals surface area contributed by atoms with E-state index < -0.39 is 5.97 Å².